The lowest BCUT2D eigenvalue weighted by atomic mass is 9.84. The third-order valence-corrected chi connectivity index (χ3v) is 5.50. The highest BCUT2D eigenvalue weighted by atomic mass is 16.5. The lowest BCUT2D eigenvalue weighted by Crippen LogP contribution is -2.54. The lowest BCUT2D eigenvalue weighted by molar-refractivity contribution is -0.168. The average Bonchev–Trinajstić information content (AvgIpc) is 2.67. The molecule has 2 amide bonds. The van der Waals surface area contributed by atoms with Gasteiger partial charge in [-0.2, -0.15) is 0 Å². The maximum Gasteiger partial charge on any atom is 0.321 e. The number of carbonyl (C=O) groups is 1. The molecule has 0 saturated carbocycles. The fourth-order valence-electron chi connectivity index (χ4n) is 3.71. The van der Waals surface area contributed by atoms with Crippen LogP contribution in [0.5, 0.6) is 5.75 Å². The van der Waals surface area contributed by atoms with Gasteiger partial charge in [-0.3, -0.25) is 0 Å². The van der Waals surface area contributed by atoms with E-state index in [9.17, 15) is 4.79 Å². The summed E-state index contributed by atoms with van der Waals surface area (Å²) in [7, 11) is 1.65. The van der Waals surface area contributed by atoms with Crippen molar-refractivity contribution < 1.29 is 14.3 Å². The second-order valence-corrected chi connectivity index (χ2v) is 6.97. The van der Waals surface area contributed by atoms with Crippen LogP contribution in [0.25, 0.3) is 11.1 Å². The quantitative estimate of drug-likeness (QED) is 0.903. The van der Waals surface area contributed by atoms with E-state index in [0.717, 1.165) is 61.5 Å². The minimum atomic E-state index is -0.0415. The summed E-state index contributed by atoms with van der Waals surface area (Å²) in [5.74, 6) is 0.815. The van der Waals surface area contributed by atoms with Crippen LogP contribution in [0, 0.1) is 0 Å². The zero-order valence-electron chi connectivity index (χ0n) is 15.0. The monoisotopic (exact) mass is 352 g/mol. The molecule has 2 aromatic rings. The molecule has 4 rings (SSSR count). The third-order valence-electron chi connectivity index (χ3n) is 5.50. The Balaban J connectivity index is 1.47. The van der Waals surface area contributed by atoms with Gasteiger partial charge >= 0.3 is 6.03 Å². The first-order valence-corrected chi connectivity index (χ1v) is 9.12. The zero-order valence-corrected chi connectivity index (χ0v) is 15.0. The standard InChI is InChI=1S/C21H24N2O3/c1-25-17-8-6-16(7-9-17)18-4-2-3-5-19(18)22-20(24)23-13-10-21(11-14-23)12-15-26-21/h2-9H,10-15H2,1H3,(H,22,24). The predicted octanol–water partition coefficient (Wildman–Crippen LogP) is 4.15. The van der Waals surface area contributed by atoms with Gasteiger partial charge in [-0.15, -0.1) is 0 Å². The molecule has 5 nitrogen and oxygen atoms in total. The Bertz CT molecular complexity index is 774. The van der Waals surface area contributed by atoms with Gasteiger partial charge in [-0.25, -0.2) is 4.79 Å². The maximum atomic E-state index is 12.7. The number of amides is 2. The number of carbonyl (C=O) groups excluding carboxylic acids is 1. The number of nitrogens with one attached hydrogen (secondary N) is 1. The van der Waals surface area contributed by atoms with E-state index in [-0.39, 0.29) is 11.6 Å². The minimum absolute atomic E-state index is 0.0415. The molecule has 2 saturated heterocycles. The summed E-state index contributed by atoms with van der Waals surface area (Å²) in [6.07, 6.45) is 2.99. The maximum absolute atomic E-state index is 12.7. The Hall–Kier alpha value is -2.53. The van der Waals surface area contributed by atoms with Crippen molar-refractivity contribution in [1.29, 1.82) is 0 Å². The molecular formula is C21H24N2O3. The van der Waals surface area contributed by atoms with E-state index in [1.807, 2.05) is 53.4 Å². The van der Waals surface area contributed by atoms with Crippen LogP contribution in [0.2, 0.25) is 0 Å². The van der Waals surface area contributed by atoms with Crippen LogP contribution in [-0.4, -0.2) is 43.3 Å². The average molecular weight is 352 g/mol. The molecule has 2 aromatic carbocycles. The van der Waals surface area contributed by atoms with Gasteiger partial charge in [-0.1, -0.05) is 30.3 Å². The highest BCUT2D eigenvalue weighted by Crippen LogP contribution is 2.37. The van der Waals surface area contributed by atoms with Crippen molar-refractivity contribution in [3.8, 4) is 16.9 Å². The lowest BCUT2D eigenvalue weighted by Gasteiger charge is -2.47. The molecule has 26 heavy (non-hydrogen) atoms. The largest absolute Gasteiger partial charge is 0.497 e. The first-order valence-electron chi connectivity index (χ1n) is 9.12. The number of anilines is 1. The highest BCUT2D eigenvalue weighted by molar-refractivity contribution is 5.94. The fourth-order valence-corrected chi connectivity index (χ4v) is 3.71. The molecule has 0 radical (unpaired) electrons. The number of rotatable bonds is 3. The molecule has 2 aliphatic rings. The summed E-state index contributed by atoms with van der Waals surface area (Å²) in [4.78, 5) is 14.6. The number of ether oxygens (including phenoxy) is 2. The Morgan fingerprint density at radius 1 is 1.08 bits per heavy atom. The van der Waals surface area contributed by atoms with Crippen LogP contribution in [0.15, 0.2) is 48.5 Å². The van der Waals surface area contributed by atoms with Gasteiger partial charge in [0.2, 0.25) is 0 Å². The first kappa shape index (κ1) is 16.9. The van der Waals surface area contributed by atoms with Crippen LogP contribution >= 0.6 is 0 Å². The number of likely N-dealkylation sites (tertiary alicyclic amines) is 1. The Kier molecular flexibility index (Phi) is 4.55. The van der Waals surface area contributed by atoms with Crippen LogP contribution in [0.1, 0.15) is 19.3 Å². The number of urea groups is 1. The third kappa shape index (κ3) is 3.27. The fraction of sp³-hybridized carbons (Fsp3) is 0.381. The van der Waals surface area contributed by atoms with Crippen LogP contribution < -0.4 is 10.1 Å². The number of piperidine rings is 1. The summed E-state index contributed by atoms with van der Waals surface area (Å²) in [6.45, 7) is 2.36. The number of hydrogen-bond donors (Lipinski definition) is 1. The van der Waals surface area contributed by atoms with E-state index in [4.69, 9.17) is 9.47 Å². The van der Waals surface area contributed by atoms with Gasteiger partial charge in [0.1, 0.15) is 5.75 Å². The Labute approximate surface area is 153 Å². The second kappa shape index (κ2) is 7.00. The molecule has 5 heteroatoms. The molecule has 0 bridgehead atoms. The number of benzene rings is 2. The van der Waals surface area contributed by atoms with E-state index < -0.39 is 0 Å². The summed E-state index contributed by atoms with van der Waals surface area (Å²) >= 11 is 0. The van der Waals surface area contributed by atoms with Crippen molar-refractivity contribution >= 4 is 11.7 Å². The van der Waals surface area contributed by atoms with E-state index in [2.05, 4.69) is 5.32 Å². The molecule has 2 aliphatic heterocycles. The Morgan fingerprint density at radius 2 is 1.77 bits per heavy atom. The van der Waals surface area contributed by atoms with Gasteiger partial charge in [0.25, 0.3) is 0 Å². The normalized spacial score (nSPS) is 18.3. The summed E-state index contributed by atoms with van der Waals surface area (Å²) in [5.41, 5.74) is 2.92. The van der Waals surface area contributed by atoms with Crippen molar-refractivity contribution in [2.45, 2.75) is 24.9 Å². The van der Waals surface area contributed by atoms with Gasteiger partial charge < -0.3 is 19.7 Å². The number of nitrogens with zero attached hydrogens (tertiary/aromatic N) is 1. The van der Waals surface area contributed by atoms with E-state index in [0.29, 0.717) is 0 Å². The first-order chi connectivity index (χ1) is 12.7. The van der Waals surface area contributed by atoms with Crippen molar-refractivity contribution in [3.05, 3.63) is 48.5 Å². The predicted molar refractivity (Wildman–Crippen MR) is 102 cm³/mol. The van der Waals surface area contributed by atoms with E-state index >= 15 is 0 Å². The van der Waals surface area contributed by atoms with Crippen molar-refractivity contribution in [2.24, 2.45) is 0 Å². The van der Waals surface area contributed by atoms with Gasteiger partial charge in [-0.05, 0) is 43.0 Å². The smallest absolute Gasteiger partial charge is 0.321 e. The number of hydrogen-bond acceptors (Lipinski definition) is 3. The van der Waals surface area contributed by atoms with E-state index in [1.165, 1.54) is 0 Å². The van der Waals surface area contributed by atoms with Gasteiger partial charge in [0.15, 0.2) is 0 Å². The molecular weight excluding hydrogens is 328 g/mol. The van der Waals surface area contributed by atoms with Crippen molar-refractivity contribution in [3.63, 3.8) is 0 Å². The summed E-state index contributed by atoms with van der Waals surface area (Å²) in [5, 5.41) is 3.09. The van der Waals surface area contributed by atoms with Crippen LogP contribution in [0.4, 0.5) is 10.5 Å². The van der Waals surface area contributed by atoms with Crippen LogP contribution in [-0.2, 0) is 4.74 Å². The Morgan fingerprint density at radius 3 is 2.38 bits per heavy atom. The molecule has 1 spiro atoms. The van der Waals surface area contributed by atoms with Crippen LogP contribution in [0.3, 0.4) is 0 Å². The molecule has 0 atom stereocenters. The molecule has 0 unspecified atom stereocenters. The van der Waals surface area contributed by atoms with Gasteiger partial charge in [0.05, 0.1) is 25.0 Å². The molecule has 1 N–H and O–H groups in total. The topological polar surface area (TPSA) is 50.8 Å². The second-order valence-electron chi connectivity index (χ2n) is 6.97. The molecule has 0 aromatic heterocycles. The number of methoxy groups -OCH3 is 1. The minimum Gasteiger partial charge on any atom is -0.497 e. The van der Waals surface area contributed by atoms with Crippen molar-refractivity contribution in [2.75, 3.05) is 32.1 Å². The van der Waals surface area contributed by atoms with E-state index in [1.54, 1.807) is 7.11 Å². The zero-order chi connectivity index (χ0) is 18.0. The summed E-state index contributed by atoms with van der Waals surface area (Å²) in [6, 6.07) is 15.7. The molecule has 136 valence electrons. The SMILES string of the molecule is COc1ccc(-c2ccccc2NC(=O)N2CCC3(CCO3)CC2)cc1. The molecule has 0 aliphatic carbocycles. The highest BCUT2D eigenvalue weighted by Gasteiger charge is 2.41. The molecule has 2 heterocycles. The summed E-state index contributed by atoms with van der Waals surface area (Å²) < 4.78 is 11.0. The molecule has 2 fully saturated rings. The number of para-hydroxylation sites is 1. The van der Waals surface area contributed by atoms with Crippen molar-refractivity contribution in [1.82, 2.24) is 4.90 Å². The van der Waals surface area contributed by atoms with Gasteiger partial charge in [0, 0.05) is 18.7 Å².